The third-order valence-corrected chi connectivity index (χ3v) is 15.5. The monoisotopic (exact) mass is 753 g/mol. The Hall–Kier alpha value is -3.28. The zero-order valence-electron chi connectivity index (χ0n) is 25.5. The van der Waals surface area contributed by atoms with Crippen molar-refractivity contribution in [2.75, 3.05) is 0 Å². The van der Waals surface area contributed by atoms with E-state index in [1.807, 2.05) is 0 Å². The molecule has 0 heterocycles. The van der Waals surface area contributed by atoms with Gasteiger partial charge in [0.1, 0.15) is 23.0 Å². The topological polar surface area (TPSA) is 89.8 Å². The maximum Gasteiger partial charge on any atom is 0.228 e. The zero-order chi connectivity index (χ0) is 34.5. The third kappa shape index (κ3) is 9.89. The minimum absolute atomic E-state index is 0.750. The molecule has 0 aliphatic rings. The first-order valence-corrected chi connectivity index (χ1v) is 20.7. The van der Waals surface area contributed by atoms with Crippen LogP contribution in [0.2, 0.25) is 0 Å². The van der Waals surface area contributed by atoms with Crippen LogP contribution in [-0.2, 0) is 10.4 Å². The van der Waals surface area contributed by atoms with Gasteiger partial charge in [-0.05, 0) is 36.4 Å². The summed E-state index contributed by atoms with van der Waals surface area (Å²) >= 11 is 14.4. The van der Waals surface area contributed by atoms with Crippen LogP contribution < -0.4 is 31.8 Å². The highest BCUT2D eigenvalue weighted by Gasteiger charge is 2.49. The van der Waals surface area contributed by atoms with Crippen LogP contribution in [0.1, 0.15) is 0 Å². The van der Waals surface area contributed by atoms with Crippen LogP contribution >= 0.6 is 49.3 Å². The fraction of sp³-hybridized carbons (Fsp3) is 0.0270. The van der Waals surface area contributed by atoms with Gasteiger partial charge >= 0.3 is 0 Å². The normalized spacial score (nSPS) is 11.4. The van der Waals surface area contributed by atoms with Crippen LogP contribution in [0, 0.1) is 0 Å². The maximum absolute atomic E-state index is 8.63. The molecule has 6 rings (SSSR count). The molecule has 0 spiro atoms. The molecular formula is C37H32Cl3NO4P2S. The first kappa shape index (κ1) is 37.5. The van der Waals surface area contributed by atoms with Crippen molar-refractivity contribution in [3.63, 3.8) is 0 Å². The van der Waals surface area contributed by atoms with E-state index >= 15 is 0 Å². The molecule has 0 aromatic heterocycles. The van der Waals surface area contributed by atoms with E-state index in [1.165, 1.54) is 31.8 Å². The van der Waals surface area contributed by atoms with Crippen LogP contribution in [0.3, 0.4) is 0 Å². The van der Waals surface area contributed by atoms with Gasteiger partial charge in [-0.15, -0.1) is 4.52 Å². The maximum atomic E-state index is 8.63. The van der Waals surface area contributed by atoms with Crippen molar-refractivity contribution in [3.05, 3.63) is 182 Å². The summed E-state index contributed by atoms with van der Waals surface area (Å²) in [5, 5.41) is 7.55. The summed E-state index contributed by atoms with van der Waals surface area (Å²) in [7, 11) is -9.91. The molecule has 11 heteroatoms. The molecule has 6 aromatic rings. The molecule has 48 heavy (non-hydrogen) atoms. The molecule has 0 unspecified atom stereocenters. The molecule has 0 aliphatic heterocycles. The van der Waals surface area contributed by atoms with Crippen LogP contribution in [0.5, 0.6) is 0 Å². The Labute approximate surface area is 298 Å². The van der Waals surface area contributed by atoms with Crippen molar-refractivity contribution < 1.29 is 17.5 Å². The Bertz CT molecular complexity index is 1780. The largest absolute Gasteiger partial charge is 0.726 e. The molecule has 0 aliphatic carbocycles. The van der Waals surface area contributed by atoms with Crippen LogP contribution in [-0.4, -0.2) is 21.8 Å². The van der Waals surface area contributed by atoms with Gasteiger partial charge in [-0.2, -0.15) is 0 Å². The molecule has 0 atom stereocenters. The second kappa shape index (κ2) is 17.9. The molecule has 246 valence electrons. The van der Waals surface area contributed by atoms with E-state index in [9.17, 15) is 0 Å². The Balaban J connectivity index is 0.000000515. The lowest BCUT2D eigenvalue weighted by atomic mass is 10.4. The van der Waals surface area contributed by atoms with Gasteiger partial charge in [0, 0.05) is 15.9 Å². The average Bonchev–Trinajstić information content (AvgIpc) is 3.10. The van der Waals surface area contributed by atoms with Gasteiger partial charge in [0.25, 0.3) is 0 Å². The van der Waals surface area contributed by atoms with E-state index in [0.29, 0.717) is 0 Å². The number of benzene rings is 6. The van der Waals surface area contributed by atoms with Crippen molar-refractivity contribution in [1.82, 2.24) is 0 Å². The Morgan fingerprint density at radius 2 is 0.688 bits per heavy atom. The van der Waals surface area contributed by atoms with Gasteiger partial charge in [0.05, 0.1) is 0 Å². The van der Waals surface area contributed by atoms with E-state index in [4.69, 9.17) is 56.8 Å². The minimum atomic E-state index is -4.92. The average molecular weight is 755 g/mol. The minimum Gasteiger partial charge on any atom is -0.726 e. The highest BCUT2D eigenvalue weighted by Crippen LogP contribution is 2.65. The number of halogens is 3. The summed E-state index contributed by atoms with van der Waals surface area (Å²) in [6.07, 6.45) is 0. The summed E-state index contributed by atoms with van der Waals surface area (Å²) < 4.78 is 38.5. The summed E-state index contributed by atoms with van der Waals surface area (Å²) in [5.41, 5.74) is 0. The van der Waals surface area contributed by atoms with Crippen molar-refractivity contribution in [3.8, 4) is 0 Å². The second-order valence-electron chi connectivity index (χ2n) is 10.0. The van der Waals surface area contributed by atoms with E-state index in [2.05, 4.69) is 182 Å². The predicted molar refractivity (Wildman–Crippen MR) is 206 cm³/mol. The van der Waals surface area contributed by atoms with Crippen LogP contribution in [0.15, 0.2) is 187 Å². The number of alkyl halides is 3. The van der Waals surface area contributed by atoms with Gasteiger partial charge in [-0.25, -0.2) is 8.42 Å². The molecular weight excluding hydrogens is 723 g/mol. The zero-order valence-corrected chi connectivity index (χ0v) is 30.3. The molecule has 0 radical (unpaired) electrons. The van der Waals surface area contributed by atoms with Gasteiger partial charge in [0.2, 0.25) is 17.8 Å². The summed E-state index contributed by atoms with van der Waals surface area (Å²) in [6.45, 7) is 0. The van der Waals surface area contributed by atoms with E-state index in [0.717, 1.165) is 0 Å². The van der Waals surface area contributed by atoms with E-state index in [-0.39, 0.29) is 0 Å². The molecule has 0 saturated carbocycles. The smallest absolute Gasteiger partial charge is 0.228 e. The summed E-state index contributed by atoms with van der Waals surface area (Å²) in [5.74, 6) is 0. The van der Waals surface area contributed by atoms with Crippen molar-refractivity contribution in [1.29, 1.82) is 0 Å². The molecule has 5 nitrogen and oxygen atoms in total. The van der Waals surface area contributed by atoms with Gasteiger partial charge in [-0.1, -0.05) is 180 Å². The quantitative estimate of drug-likeness (QED) is 0.0773. The first-order chi connectivity index (χ1) is 23.1. The molecule has 0 bridgehead atoms. The Kier molecular flexibility index (Phi) is 14.0. The van der Waals surface area contributed by atoms with Crippen molar-refractivity contribution in [2.24, 2.45) is 4.52 Å². The number of hydrogen-bond donors (Lipinski definition) is 1. The highest BCUT2D eigenvalue weighted by atomic mass is 35.6. The van der Waals surface area contributed by atoms with Crippen molar-refractivity contribution in [2.45, 2.75) is 4.30 Å². The SMILES string of the molecule is ClC(Cl)Cl.O=S(=O)([O-])O.c1ccc(P(=N[P+](c2ccccc2)(c2ccccc2)c2ccccc2)(c2ccccc2)c2ccccc2)cc1. The third-order valence-electron chi connectivity index (χ3n) is 7.05. The lowest BCUT2D eigenvalue weighted by molar-refractivity contribution is 0.366. The predicted octanol–water partition coefficient (Wildman–Crippen LogP) is 8.06. The summed E-state index contributed by atoms with van der Waals surface area (Å²) in [6, 6.07) is 65.7. The Morgan fingerprint density at radius 1 is 0.500 bits per heavy atom. The number of nitrogens with zero attached hydrogens (tertiary/aromatic N) is 1. The van der Waals surface area contributed by atoms with Gasteiger partial charge < -0.3 is 4.55 Å². The van der Waals surface area contributed by atoms with Crippen LogP contribution in [0.25, 0.3) is 0 Å². The Morgan fingerprint density at radius 3 is 0.896 bits per heavy atom. The summed E-state index contributed by atoms with van der Waals surface area (Å²) in [4.78, 5) is 0. The van der Waals surface area contributed by atoms with Gasteiger partial charge in [-0.3, -0.25) is 4.55 Å². The molecule has 0 fully saturated rings. The van der Waals surface area contributed by atoms with Gasteiger partial charge in [0.15, 0.2) is 4.30 Å². The van der Waals surface area contributed by atoms with E-state index < -0.39 is 29.2 Å². The lowest BCUT2D eigenvalue weighted by Crippen LogP contribution is -2.32. The van der Waals surface area contributed by atoms with E-state index in [1.54, 1.807) is 0 Å². The molecule has 0 amide bonds. The number of hydrogen-bond acceptors (Lipinski definition) is 4. The van der Waals surface area contributed by atoms with Crippen molar-refractivity contribution >= 4 is 91.5 Å². The second-order valence-corrected chi connectivity index (χ2v) is 19.2. The standard InChI is InChI=1S/C36H30NP2.CHCl3.H2O4S/c1-7-19-31(20-8-1)38(32-21-9-2-10-22-32,33-23-11-3-12-24-33)37-39(34-25-13-4-14-26-34,35-27-15-5-16-28-35)36-29-17-6-18-30-36;2-1(3)4;1-5(2,3)4/h1-30H;1H;(H2,1,2,3,4)/q+1;;/p-1. The molecule has 1 N–H and O–H groups in total. The lowest BCUT2D eigenvalue weighted by Gasteiger charge is -2.31. The first-order valence-electron chi connectivity index (χ1n) is 14.5. The number of rotatable bonds is 7. The fourth-order valence-electron chi connectivity index (χ4n) is 5.27. The fourth-order valence-corrected chi connectivity index (χ4v) is 14.8. The highest BCUT2D eigenvalue weighted by molar-refractivity contribution is 8.01. The van der Waals surface area contributed by atoms with Crippen LogP contribution in [0.4, 0.5) is 0 Å². The molecule has 0 saturated heterocycles. The molecule has 6 aromatic carbocycles.